The standard InChI is InChI=1S/C16H21N3O2/c1-7(2)15-17-6-10(13(19-15)16(20)21)18-14-11-8-3-4-9(5-8)12(11)14/h6-9,11-12,14,18H,3-5H2,1-2H3,(H,20,21). The van der Waals surface area contributed by atoms with Gasteiger partial charge in [-0.1, -0.05) is 13.8 Å². The van der Waals surface area contributed by atoms with E-state index >= 15 is 0 Å². The predicted molar refractivity (Wildman–Crippen MR) is 78.3 cm³/mol. The normalized spacial score (nSPS) is 35.9. The number of fused-ring (bicyclic) bond motifs is 5. The summed E-state index contributed by atoms with van der Waals surface area (Å²) < 4.78 is 0. The molecule has 0 radical (unpaired) electrons. The summed E-state index contributed by atoms with van der Waals surface area (Å²) in [5, 5.41) is 12.8. The van der Waals surface area contributed by atoms with Crippen molar-refractivity contribution in [3.05, 3.63) is 17.7 Å². The monoisotopic (exact) mass is 287 g/mol. The minimum atomic E-state index is -0.976. The van der Waals surface area contributed by atoms with Crippen LogP contribution in [0.5, 0.6) is 0 Å². The van der Waals surface area contributed by atoms with Crippen LogP contribution < -0.4 is 5.32 Å². The van der Waals surface area contributed by atoms with Crippen molar-refractivity contribution in [2.45, 2.75) is 45.1 Å². The van der Waals surface area contributed by atoms with E-state index in [0.29, 0.717) is 17.6 Å². The van der Waals surface area contributed by atoms with Crippen LogP contribution in [-0.2, 0) is 0 Å². The van der Waals surface area contributed by atoms with Gasteiger partial charge in [0.2, 0.25) is 0 Å². The molecule has 4 rings (SSSR count). The Morgan fingerprint density at radius 3 is 2.57 bits per heavy atom. The molecule has 0 aromatic carbocycles. The number of carboxylic acid groups (broad SMARTS) is 1. The van der Waals surface area contributed by atoms with Gasteiger partial charge in [0, 0.05) is 12.0 Å². The van der Waals surface area contributed by atoms with Gasteiger partial charge in [-0.2, -0.15) is 0 Å². The van der Waals surface area contributed by atoms with E-state index in [2.05, 4.69) is 15.3 Å². The second-order valence-electron chi connectivity index (χ2n) is 7.11. The molecule has 2 N–H and O–H groups in total. The van der Waals surface area contributed by atoms with Crippen LogP contribution >= 0.6 is 0 Å². The van der Waals surface area contributed by atoms with Gasteiger partial charge in [-0.3, -0.25) is 0 Å². The van der Waals surface area contributed by atoms with Crippen LogP contribution in [0, 0.1) is 23.7 Å². The Morgan fingerprint density at radius 1 is 1.33 bits per heavy atom. The van der Waals surface area contributed by atoms with Gasteiger partial charge in [0.05, 0.1) is 11.9 Å². The molecule has 1 aromatic rings. The third-order valence-electron chi connectivity index (χ3n) is 5.58. The van der Waals surface area contributed by atoms with Crippen LogP contribution in [0.4, 0.5) is 5.69 Å². The Hall–Kier alpha value is -1.65. The Bertz CT molecular complexity index is 585. The molecule has 3 aliphatic rings. The molecule has 4 atom stereocenters. The topological polar surface area (TPSA) is 75.1 Å². The fourth-order valence-corrected chi connectivity index (χ4v) is 4.64. The quantitative estimate of drug-likeness (QED) is 0.890. The first-order valence-corrected chi connectivity index (χ1v) is 7.93. The van der Waals surface area contributed by atoms with E-state index in [-0.39, 0.29) is 11.6 Å². The summed E-state index contributed by atoms with van der Waals surface area (Å²) in [5.41, 5.74) is 0.705. The summed E-state index contributed by atoms with van der Waals surface area (Å²) in [6.07, 6.45) is 5.76. The Labute approximate surface area is 124 Å². The van der Waals surface area contributed by atoms with E-state index in [1.54, 1.807) is 6.20 Å². The molecule has 0 spiro atoms. The molecule has 3 saturated carbocycles. The molecule has 21 heavy (non-hydrogen) atoms. The van der Waals surface area contributed by atoms with Gasteiger partial charge in [0.15, 0.2) is 5.69 Å². The number of rotatable bonds is 4. The Morgan fingerprint density at radius 2 is 2.00 bits per heavy atom. The largest absolute Gasteiger partial charge is 0.476 e. The van der Waals surface area contributed by atoms with E-state index in [9.17, 15) is 9.90 Å². The van der Waals surface area contributed by atoms with E-state index in [4.69, 9.17) is 0 Å². The second kappa shape index (κ2) is 4.42. The van der Waals surface area contributed by atoms with Crippen molar-refractivity contribution in [3.63, 3.8) is 0 Å². The summed E-state index contributed by atoms with van der Waals surface area (Å²) in [5.74, 6) is 2.99. The number of hydrogen-bond acceptors (Lipinski definition) is 4. The molecule has 5 heteroatoms. The van der Waals surface area contributed by atoms with Crippen molar-refractivity contribution < 1.29 is 9.90 Å². The highest BCUT2D eigenvalue weighted by molar-refractivity contribution is 5.91. The van der Waals surface area contributed by atoms with Crippen LogP contribution in [0.2, 0.25) is 0 Å². The van der Waals surface area contributed by atoms with Crippen molar-refractivity contribution in [3.8, 4) is 0 Å². The molecule has 0 amide bonds. The van der Waals surface area contributed by atoms with Gasteiger partial charge in [0.25, 0.3) is 0 Å². The first-order valence-electron chi connectivity index (χ1n) is 7.93. The fraction of sp³-hybridized carbons (Fsp3) is 0.688. The third kappa shape index (κ3) is 1.93. The highest BCUT2D eigenvalue weighted by atomic mass is 16.4. The van der Waals surface area contributed by atoms with E-state index in [1.807, 2.05) is 13.8 Å². The molecule has 5 nitrogen and oxygen atoms in total. The lowest BCUT2D eigenvalue weighted by Gasteiger charge is -2.14. The molecule has 0 aliphatic heterocycles. The molecule has 0 saturated heterocycles. The number of nitrogens with one attached hydrogen (secondary N) is 1. The minimum Gasteiger partial charge on any atom is -0.476 e. The SMILES string of the molecule is CC(C)c1ncc(NC2C3C4CCC(C4)C23)c(C(=O)O)n1. The van der Waals surface area contributed by atoms with E-state index < -0.39 is 5.97 Å². The zero-order chi connectivity index (χ0) is 14.7. The number of aromatic carboxylic acids is 1. The van der Waals surface area contributed by atoms with Gasteiger partial charge in [-0.25, -0.2) is 14.8 Å². The maximum absolute atomic E-state index is 11.5. The lowest BCUT2D eigenvalue weighted by atomic mass is 10.0. The first-order chi connectivity index (χ1) is 10.1. The highest BCUT2D eigenvalue weighted by Gasteiger charge is 2.65. The third-order valence-corrected chi connectivity index (χ3v) is 5.58. The minimum absolute atomic E-state index is 0.117. The Kier molecular flexibility index (Phi) is 2.75. The lowest BCUT2D eigenvalue weighted by molar-refractivity contribution is 0.0691. The lowest BCUT2D eigenvalue weighted by Crippen LogP contribution is -2.17. The van der Waals surface area contributed by atoms with Gasteiger partial charge in [-0.05, 0) is 42.9 Å². The molecule has 2 bridgehead atoms. The fourth-order valence-electron chi connectivity index (χ4n) is 4.64. The van der Waals surface area contributed by atoms with Crippen LogP contribution in [-0.4, -0.2) is 27.1 Å². The van der Waals surface area contributed by atoms with Crippen molar-refractivity contribution >= 4 is 11.7 Å². The number of carbonyl (C=O) groups is 1. The highest BCUT2D eigenvalue weighted by Crippen LogP contribution is 2.66. The van der Waals surface area contributed by atoms with Crippen LogP contribution in [0.1, 0.15) is 55.3 Å². The van der Waals surface area contributed by atoms with E-state index in [1.165, 1.54) is 19.3 Å². The van der Waals surface area contributed by atoms with Gasteiger partial charge >= 0.3 is 5.97 Å². The molecule has 4 unspecified atom stereocenters. The van der Waals surface area contributed by atoms with Gasteiger partial charge in [-0.15, -0.1) is 0 Å². The summed E-state index contributed by atoms with van der Waals surface area (Å²) in [7, 11) is 0. The molecular weight excluding hydrogens is 266 g/mol. The average Bonchev–Trinajstić information content (AvgIpc) is 2.83. The zero-order valence-corrected chi connectivity index (χ0v) is 12.4. The number of carboxylic acids is 1. The number of aromatic nitrogens is 2. The summed E-state index contributed by atoms with van der Waals surface area (Å²) in [6, 6.07) is 0.447. The average molecular weight is 287 g/mol. The van der Waals surface area contributed by atoms with Crippen molar-refractivity contribution in [1.82, 2.24) is 9.97 Å². The number of hydrogen-bond donors (Lipinski definition) is 2. The van der Waals surface area contributed by atoms with Crippen molar-refractivity contribution in [2.75, 3.05) is 5.32 Å². The van der Waals surface area contributed by atoms with E-state index in [0.717, 1.165) is 23.7 Å². The number of anilines is 1. The van der Waals surface area contributed by atoms with Crippen molar-refractivity contribution in [1.29, 1.82) is 0 Å². The van der Waals surface area contributed by atoms with Crippen LogP contribution in [0.15, 0.2) is 6.20 Å². The van der Waals surface area contributed by atoms with Crippen molar-refractivity contribution in [2.24, 2.45) is 23.7 Å². The molecular formula is C16H21N3O2. The maximum atomic E-state index is 11.5. The molecule has 1 heterocycles. The molecule has 3 fully saturated rings. The number of nitrogens with zero attached hydrogens (tertiary/aromatic N) is 2. The maximum Gasteiger partial charge on any atom is 0.356 e. The predicted octanol–water partition coefficient (Wildman–Crippen LogP) is 2.75. The molecule has 3 aliphatic carbocycles. The summed E-state index contributed by atoms with van der Waals surface area (Å²) >= 11 is 0. The van der Waals surface area contributed by atoms with Crippen LogP contribution in [0.25, 0.3) is 0 Å². The summed E-state index contributed by atoms with van der Waals surface area (Å²) in [6.45, 7) is 3.94. The van der Waals surface area contributed by atoms with Gasteiger partial charge < -0.3 is 10.4 Å². The molecule has 112 valence electrons. The first kappa shape index (κ1) is 13.0. The smallest absolute Gasteiger partial charge is 0.356 e. The zero-order valence-electron chi connectivity index (χ0n) is 12.4. The van der Waals surface area contributed by atoms with Gasteiger partial charge in [0.1, 0.15) is 5.82 Å². The Balaban J connectivity index is 1.57. The second-order valence-corrected chi connectivity index (χ2v) is 7.11. The van der Waals surface area contributed by atoms with Crippen LogP contribution in [0.3, 0.4) is 0 Å². The molecule has 1 aromatic heterocycles. The summed E-state index contributed by atoms with van der Waals surface area (Å²) in [4.78, 5) is 20.0.